The zero-order chi connectivity index (χ0) is 16.4. The lowest BCUT2D eigenvalue weighted by Gasteiger charge is -2.07. The van der Waals surface area contributed by atoms with Gasteiger partial charge in [-0.25, -0.2) is 9.37 Å². The second kappa shape index (κ2) is 6.38. The molecule has 0 spiro atoms. The Hall–Kier alpha value is -2.40. The molecule has 23 heavy (non-hydrogen) atoms. The van der Waals surface area contributed by atoms with E-state index >= 15 is 0 Å². The Bertz CT molecular complexity index is 858. The Labute approximate surface area is 137 Å². The number of nitrogens with zero attached hydrogens (tertiary/aromatic N) is 2. The van der Waals surface area contributed by atoms with Gasteiger partial charge >= 0.3 is 0 Å². The first-order valence-corrected chi connectivity index (χ1v) is 7.69. The lowest BCUT2D eigenvalue weighted by Crippen LogP contribution is -2.16. The summed E-state index contributed by atoms with van der Waals surface area (Å²) in [4.78, 5) is 17.2. The lowest BCUT2D eigenvalue weighted by molar-refractivity contribution is 0.102. The second-order valence-corrected chi connectivity index (χ2v) is 5.63. The van der Waals surface area contributed by atoms with Gasteiger partial charge in [-0.1, -0.05) is 24.9 Å². The Kier molecular flexibility index (Phi) is 4.30. The van der Waals surface area contributed by atoms with Crippen LogP contribution in [0.25, 0.3) is 5.65 Å². The van der Waals surface area contributed by atoms with Crippen molar-refractivity contribution in [2.24, 2.45) is 0 Å². The minimum absolute atomic E-state index is 0.296. The molecule has 2 aromatic heterocycles. The summed E-state index contributed by atoms with van der Waals surface area (Å²) in [5, 5.41) is 3.29. The molecule has 0 aliphatic rings. The summed E-state index contributed by atoms with van der Waals surface area (Å²) in [5.41, 5.74) is 2.36. The zero-order valence-electron chi connectivity index (χ0n) is 12.5. The van der Waals surface area contributed by atoms with Crippen molar-refractivity contribution in [3.05, 3.63) is 64.8 Å². The molecule has 1 amide bonds. The van der Waals surface area contributed by atoms with E-state index in [-0.39, 0.29) is 11.7 Å². The third-order valence-electron chi connectivity index (χ3n) is 3.46. The van der Waals surface area contributed by atoms with Gasteiger partial charge in [0.25, 0.3) is 5.91 Å². The van der Waals surface area contributed by atoms with Gasteiger partial charge < -0.3 is 5.32 Å². The SMILES string of the molecule is CCCc1nc2ccc(Cl)cn2c1C(=O)Nc1ccc(F)cc1. The number of imidazole rings is 1. The van der Waals surface area contributed by atoms with E-state index in [1.807, 2.05) is 6.92 Å². The number of rotatable bonds is 4. The Balaban J connectivity index is 2.02. The number of benzene rings is 1. The van der Waals surface area contributed by atoms with Crippen LogP contribution in [0.3, 0.4) is 0 Å². The standard InChI is InChI=1S/C17H15ClFN3O/c1-2-3-14-16(22-10-11(18)4-9-15(22)21-14)17(23)20-13-7-5-12(19)6-8-13/h4-10H,2-3H2,1H3,(H,20,23). The minimum Gasteiger partial charge on any atom is -0.321 e. The number of hydrogen-bond acceptors (Lipinski definition) is 2. The van der Waals surface area contributed by atoms with Gasteiger partial charge in [0.15, 0.2) is 0 Å². The van der Waals surface area contributed by atoms with Crippen molar-refractivity contribution in [2.45, 2.75) is 19.8 Å². The fraction of sp³-hybridized carbons (Fsp3) is 0.176. The van der Waals surface area contributed by atoms with E-state index in [2.05, 4.69) is 10.3 Å². The van der Waals surface area contributed by atoms with E-state index in [0.717, 1.165) is 12.1 Å². The van der Waals surface area contributed by atoms with E-state index < -0.39 is 0 Å². The molecule has 0 aliphatic heterocycles. The maximum Gasteiger partial charge on any atom is 0.274 e. The third-order valence-corrected chi connectivity index (χ3v) is 3.68. The quantitative estimate of drug-likeness (QED) is 0.773. The van der Waals surface area contributed by atoms with E-state index in [4.69, 9.17) is 11.6 Å². The number of pyridine rings is 1. The molecule has 0 bridgehead atoms. The predicted molar refractivity (Wildman–Crippen MR) is 88.6 cm³/mol. The van der Waals surface area contributed by atoms with E-state index in [1.54, 1.807) is 22.7 Å². The second-order valence-electron chi connectivity index (χ2n) is 5.19. The van der Waals surface area contributed by atoms with E-state index in [1.165, 1.54) is 24.3 Å². The van der Waals surface area contributed by atoms with Crippen molar-refractivity contribution < 1.29 is 9.18 Å². The summed E-state index contributed by atoms with van der Waals surface area (Å²) in [6, 6.07) is 9.14. The predicted octanol–water partition coefficient (Wildman–Crippen LogP) is 4.33. The van der Waals surface area contributed by atoms with Gasteiger partial charge in [-0.05, 0) is 42.8 Å². The van der Waals surface area contributed by atoms with Gasteiger partial charge in [0.05, 0.1) is 10.7 Å². The van der Waals surface area contributed by atoms with Gasteiger partial charge in [0.1, 0.15) is 17.2 Å². The van der Waals surface area contributed by atoms with Crippen molar-refractivity contribution >= 4 is 28.8 Å². The van der Waals surface area contributed by atoms with Crippen LogP contribution >= 0.6 is 11.6 Å². The van der Waals surface area contributed by atoms with Gasteiger partial charge in [-0.15, -0.1) is 0 Å². The molecule has 0 saturated carbocycles. The van der Waals surface area contributed by atoms with Crippen LogP contribution in [-0.4, -0.2) is 15.3 Å². The summed E-state index contributed by atoms with van der Waals surface area (Å²) in [6.45, 7) is 2.03. The van der Waals surface area contributed by atoms with E-state index in [9.17, 15) is 9.18 Å². The number of nitrogens with one attached hydrogen (secondary N) is 1. The molecule has 1 aromatic carbocycles. The molecule has 6 heteroatoms. The van der Waals surface area contributed by atoms with Gasteiger partial charge in [-0.3, -0.25) is 9.20 Å². The summed E-state index contributed by atoms with van der Waals surface area (Å²) in [6.07, 6.45) is 3.22. The van der Waals surface area contributed by atoms with Crippen LogP contribution in [0.15, 0.2) is 42.6 Å². The average Bonchev–Trinajstić information content (AvgIpc) is 2.87. The number of amides is 1. The highest BCUT2D eigenvalue weighted by molar-refractivity contribution is 6.30. The van der Waals surface area contributed by atoms with Crippen LogP contribution in [0.1, 0.15) is 29.5 Å². The smallest absolute Gasteiger partial charge is 0.274 e. The molecule has 4 nitrogen and oxygen atoms in total. The van der Waals surface area contributed by atoms with Gasteiger partial charge in [0.2, 0.25) is 0 Å². The van der Waals surface area contributed by atoms with Crippen LogP contribution in [0.4, 0.5) is 10.1 Å². The molecule has 1 N–H and O–H groups in total. The lowest BCUT2D eigenvalue weighted by atomic mass is 10.2. The molecule has 0 fully saturated rings. The first-order chi connectivity index (χ1) is 11.1. The number of aryl methyl sites for hydroxylation is 1. The average molecular weight is 332 g/mol. The summed E-state index contributed by atoms with van der Waals surface area (Å²) in [7, 11) is 0. The fourth-order valence-corrected chi connectivity index (χ4v) is 2.60. The minimum atomic E-state index is -0.351. The topological polar surface area (TPSA) is 46.4 Å². The molecule has 0 atom stereocenters. The fourth-order valence-electron chi connectivity index (χ4n) is 2.44. The first-order valence-electron chi connectivity index (χ1n) is 7.32. The third kappa shape index (κ3) is 3.19. The highest BCUT2D eigenvalue weighted by Crippen LogP contribution is 2.19. The number of halogens is 2. The summed E-state index contributed by atoms with van der Waals surface area (Å²) >= 11 is 6.04. The number of fused-ring (bicyclic) bond motifs is 1. The number of carbonyl (C=O) groups excluding carboxylic acids is 1. The molecule has 0 aliphatic carbocycles. The summed E-state index contributed by atoms with van der Waals surface area (Å²) in [5.74, 6) is -0.647. The first kappa shape index (κ1) is 15.5. The molecule has 3 rings (SSSR count). The van der Waals surface area contributed by atoms with Crippen molar-refractivity contribution in [1.29, 1.82) is 0 Å². The van der Waals surface area contributed by atoms with Crippen LogP contribution in [-0.2, 0) is 6.42 Å². The molecule has 0 saturated heterocycles. The van der Waals surface area contributed by atoms with Crippen LogP contribution in [0, 0.1) is 5.82 Å². The van der Waals surface area contributed by atoms with Gasteiger partial charge in [0, 0.05) is 11.9 Å². The number of anilines is 1. The van der Waals surface area contributed by atoms with Crippen molar-refractivity contribution in [2.75, 3.05) is 5.32 Å². The normalized spacial score (nSPS) is 10.9. The highest BCUT2D eigenvalue weighted by atomic mass is 35.5. The monoisotopic (exact) mass is 331 g/mol. The Morgan fingerprint density at radius 3 is 2.70 bits per heavy atom. The number of aromatic nitrogens is 2. The molecular formula is C17H15ClFN3O. The zero-order valence-corrected chi connectivity index (χ0v) is 13.3. The Morgan fingerprint density at radius 2 is 2.00 bits per heavy atom. The number of hydrogen-bond donors (Lipinski definition) is 1. The molecule has 0 radical (unpaired) electrons. The number of carbonyl (C=O) groups is 1. The molecule has 2 heterocycles. The molecular weight excluding hydrogens is 317 g/mol. The van der Waals surface area contributed by atoms with Gasteiger partial charge in [-0.2, -0.15) is 0 Å². The molecule has 0 unspecified atom stereocenters. The summed E-state index contributed by atoms with van der Waals surface area (Å²) < 4.78 is 14.7. The van der Waals surface area contributed by atoms with Crippen molar-refractivity contribution in [3.8, 4) is 0 Å². The maximum absolute atomic E-state index is 13.0. The van der Waals surface area contributed by atoms with Crippen molar-refractivity contribution in [3.63, 3.8) is 0 Å². The van der Waals surface area contributed by atoms with Crippen molar-refractivity contribution in [1.82, 2.24) is 9.38 Å². The maximum atomic E-state index is 13.0. The largest absolute Gasteiger partial charge is 0.321 e. The highest BCUT2D eigenvalue weighted by Gasteiger charge is 2.19. The molecule has 118 valence electrons. The van der Waals surface area contributed by atoms with Crippen LogP contribution in [0.5, 0.6) is 0 Å². The molecule has 3 aromatic rings. The Morgan fingerprint density at radius 1 is 1.26 bits per heavy atom. The van der Waals surface area contributed by atoms with E-state index in [0.29, 0.717) is 28.5 Å². The van der Waals surface area contributed by atoms with Crippen LogP contribution < -0.4 is 5.32 Å². The van der Waals surface area contributed by atoms with Crippen LogP contribution in [0.2, 0.25) is 5.02 Å².